The molecule has 0 aliphatic carbocycles. The molecule has 0 atom stereocenters. The number of benzene rings is 1. The first kappa shape index (κ1) is 11.2. The van der Waals surface area contributed by atoms with E-state index >= 15 is 0 Å². The van der Waals surface area contributed by atoms with Crippen molar-refractivity contribution in [2.75, 3.05) is 5.32 Å². The molecule has 2 heterocycles. The maximum Gasteiger partial charge on any atom is 0.184 e. The Labute approximate surface area is 107 Å². The standard InChI is InChI=1S/C12H11FN4S/c1-17-6-9(15-7-17)5-14-12-16-10-3-2-8(13)4-11(10)18-12/h2-4,6-7H,5H2,1H3,(H,14,16). The van der Waals surface area contributed by atoms with Gasteiger partial charge in [0.2, 0.25) is 0 Å². The van der Waals surface area contributed by atoms with Crippen molar-refractivity contribution in [2.24, 2.45) is 7.05 Å². The summed E-state index contributed by atoms with van der Waals surface area (Å²) in [6.45, 7) is 0.614. The molecule has 0 spiro atoms. The minimum Gasteiger partial charge on any atom is -0.356 e. The van der Waals surface area contributed by atoms with E-state index in [0.717, 1.165) is 21.0 Å². The first-order valence-corrected chi connectivity index (χ1v) is 6.29. The summed E-state index contributed by atoms with van der Waals surface area (Å²) in [5.41, 5.74) is 1.76. The maximum absolute atomic E-state index is 13.0. The zero-order chi connectivity index (χ0) is 12.5. The predicted octanol–water partition coefficient (Wildman–Crippen LogP) is 2.78. The van der Waals surface area contributed by atoms with Crippen molar-refractivity contribution >= 4 is 26.7 Å². The van der Waals surface area contributed by atoms with Crippen molar-refractivity contribution in [3.05, 3.63) is 42.2 Å². The second kappa shape index (κ2) is 4.38. The molecule has 1 aromatic carbocycles. The van der Waals surface area contributed by atoms with Crippen LogP contribution in [0.1, 0.15) is 5.69 Å². The van der Waals surface area contributed by atoms with Crippen molar-refractivity contribution in [1.82, 2.24) is 14.5 Å². The van der Waals surface area contributed by atoms with Gasteiger partial charge in [0.1, 0.15) is 5.82 Å². The molecule has 0 aliphatic rings. The van der Waals surface area contributed by atoms with Gasteiger partial charge < -0.3 is 9.88 Å². The summed E-state index contributed by atoms with van der Waals surface area (Å²) < 4.78 is 15.8. The fraction of sp³-hybridized carbons (Fsp3) is 0.167. The average Bonchev–Trinajstić information content (AvgIpc) is 2.92. The number of imidazole rings is 1. The molecule has 0 saturated heterocycles. The van der Waals surface area contributed by atoms with E-state index in [1.165, 1.54) is 23.5 Å². The molecular weight excluding hydrogens is 251 g/mol. The SMILES string of the molecule is Cn1cnc(CNc2nc3ccc(F)cc3s2)c1. The van der Waals surface area contributed by atoms with Crippen LogP contribution < -0.4 is 5.32 Å². The first-order chi connectivity index (χ1) is 8.70. The van der Waals surface area contributed by atoms with Crippen molar-refractivity contribution in [3.8, 4) is 0 Å². The molecular formula is C12H11FN4S. The molecule has 0 bridgehead atoms. The van der Waals surface area contributed by atoms with Crippen LogP contribution in [0.25, 0.3) is 10.2 Å². The summed E-state index contributed by atoms with van der Waals surface area (Å²) >= 11 is 1.44. The highest BCUT2D eigenvalue weighted by Gasteiger charge is 2.05. The Balaban J connectivity index is 1.78. The first-order valence-electron chi connectivity index (χ1n) is 5.47. The van der Waals surface area contributed by atoms with E-state index in [9.17, 15) is 4.39 Å². The summed E-state index contributed by atoms with van der Waals surface area (Å²) in [5, 5.41) is 3.97. The lowest BCUT2D eigenvalue weighted by atomic mass is 10.3. The average molecular weight is 262 g/mol. The van der Waals surface area contributed by atoms with Gasteiger partial charge in [-0.15, -0.1) is 0 Å². The summed E-state index contributed by atoms with van der Waals surface area (Å²) in [6.07, 6.45) is 3.70. The largest absolute Gasteiger partial charge is 0.356 e. The third kappa shape index (κ3) is 2.19. The zero-order valence-electron chi connectivity index (χ0n) is 9.72. The Hall–Kier alpha value is -1.95. The summed E-state index contributed by atoms with van der Waals surface area (Å²) in [4.78, 5) is 8.60. The van der Waals surface area contributed by atoms with Crippen molar-refractivity contribution in [2.45, 2.75) is 6.54 Å². The maximum atomic E-state index is 13.0. The van der Waals surface area contributed by atoms with Crippen LogP contribution in [-0.4, -0.2) is 14.5 Å². The van der Waals surface area contributed by atoms with E-state index < -0.39 is 0 Å². The number of rotatable bonds is 3. The summed E-state index contributed by atoms with van der Waals surface area (Å²) in [7, 11) is 1.93. The molecule has 1 N–H and O–H groups in total. The molecule has 3 aromatic rings. The quantitative estimate of drug-likeness (QED) is 0.789. The number of thiazole rings is 1. The molecule has 18 heavy (non-hydrogen) atoms. The van der Waals surface area contributed by atoms with Gasteiger partial charge in [-0.05, 0) is 18.2 Å². The topological polar surface area (TPSA) is 42.7 Å². The number of aryl methyl sites for hydroxylation is 1. The van der Waals surface area contributed by atoms with Gasteiger partial charge in [-0.25, -0.2) is 14.4 Å². The Morgan fingerprint density at radius 1 is 1.44 bits per heavy atom. The monoisotopic (exact) mass is 262 g/mol. The van der Waals surface area contributed by atoms with E-state index in [4.69, 9.17) is 0 Å². The highest BCUT2D eigenvalue weighted by molar-refractivity contribution is 7.22. The number of hydrogen-bond acceptors (Lipinski definition) is 4. The Morgan fingerprint density at radius 2 is 2.33 bits per heavy atom. The number of fused-ring (bicyclic) bond motifs is 1. The van der Waals surface area contributed by atoms with Gasteiger partial charge in [-0.2, -0.15) is 0 Å². The van der Waals surface area contributed by atoms with Crippen LogP contribution in [0.15, 0.2) is 30.7 Å². The molecule has 92 valence electrons. The van der Waals surface area contributed by atoms with Gasteiger partial charge in [0.25, 0.3) is 0 Å². The van der Waals surface area contributed by atoms with Crippen LogP contribution in [0.5, 0.6) is 0 Å². The van der Waals surface area contributed by atoms with Gasteiger partial charge in [-0.3, -0.25) is 0 Å². The van der Waals surface area contributed by atoms with Crippen molar-refractivity contribution in [3.63, 3.8) is 0 Å². The lowest BCUT2D eigenvalue weighted by Crippen LogP contribution is -1.98. The Kier molecular flexibility index (Phi) is 2.71. The Morgan fingerprint density at radius 3 is 3.11 bits per heavy atom. The van der Waals surface area contributed by atoms with Crippen LogP contribution in [0.2, 0.25) is 0 Å². The lowest BCUT2D eigenvalue weighted by molar-refractivity contribution is 0.630. The molecule has 0 amide bonds. The highest BCUT2D eigenvalue weighted by Crippen LogP contribution is 2.26. The van der Waals surface area contributed by atoms with Crippen LogP contribution in [-0.2, 0) is 13.6 Å². The molecule has 0 unspecified atom stereocenters. The van der Waals surface area contributed by atoms with Crippen molar-refractivity contribution in [1.29, 1.82) is 0 Å². The molecule has 4 nitrogen and oxygen atoms in total. The van der Waals surface area contributed by atoms with E-state index in [1.54, 1.807) is 12.4 Å². The molecule has 0 aliphatic heterocycles. The van der Waals surface area contributed by atoms with E-state index in [-0.39, 0.29) is 5.82 Å². The second-order valence-corrected chi connectivity index (χ2v) is 5.05. The van der Waals surface area contributed by atoms with Gasteiger partial charge in [-0.1, -0.05) is 11.3 Å². The molecule has 6 heteroatoms. The van der Waals surface area contributed by atoms with Crippen LogP contribution in [0.3, 0.4) is 0 Å². The minimum atomic E-state index is -0.234. The normalized spacial score (nSPS) is 11.0. The van der Waals surface area contributed by atoms with Gasteiger partial charge >= 0.3 is 0 Å². The number of aromatic nitrogens is 3. The van der Waals surface area contributed by atoms with Crippen LogP contribution in [0, 0.1) is 5.82 Å². The van der Waals surface area contributed by atoms with Gasteiger partial charge in [0.15, 0.2) is 5.13 Å². The third-order valence-corrected chi connectivity index (χ3v) is 3.51. The Bertz CT molecular complexity index is 688. The number of nitrogens with zero attached hydrogens (tertiary/aromatic N) is 3. The summed E-state index contributed by atoms with van der Waals surface area (Å²) in [6, 6.07) is 4.61. The van der Waals surface area contributed by atoms with Gasteiger partial charge in [0, 0.05) is 13.2 Å². The zero-order valence-corrected chi connectivity index (χ0v) is 10.5. The third-order valence-electron chi connectivity index (χ3n) is 2.53. The fourth-order valence-electron chi connectivity index (χ4n) is 1.70. The smallest absolute Gasteiger partial charge is 0.184 e. The number of nitrogens with one attached hydrogen (secondary N) is 1. The highest BCUT2D eigenvalue weighted by atomic mass is 32.1. The molecule has 2 aromatic heterocycles. The molecule has 0 saturated carbocycles. The number of anilines is 1. The lowest BCUT2D eigenvalue weighted by Gasteiger charge is -1.97. The van der Waals surface area contributed by atoms with Crippen LogP contribution in [0.4, 0.5) is 9.52 Å². The number of halogens is 1. The van der Waals surface area contributed by atoms with E-state index in [0.29, 0.717) is 6.54 Å². The van der Waals surface area contributed by atoms with Crippen molar-refractivity contribution < 1.29 is 4.39 Å². The molecule has 0 radical (unpaired) electrons. The molecule has 0 fully saturated rings. The second-order valence-electron chi connectivity index (χ2n) is 4.02. The van der Waals surface area contributed by atoms with Gasteiger partial charge in [0.05, 0.1) is 28.8 Å². The van der Waals surface area contributed by atoms with E-state index in [2.05, 4.69) is 15.3 Å². The molecule has 3 rings (SSSR count). The number of hydrogen-bond donors (Lipinski definition) is 1. The minimum absolute atomic E-state index is 0.234. The summed E-state index contributed by atoms with van der Waals surface area (Å²) in [5.74, 6) is -0.234. The fourth-order valence-corrected chi connectivity index (χ4v) is 2.58. The van der Waals surface area contributed by atoms with E-state index in [1.807, 2.05) is 17.8 Å². The predicted molar refractivity (Wildman–Crippen MR) is 70.1 cm³/mol. The van der Waals surface area contributed by atoms with Crippen LogP contribution >= 0.6 is 11.3 Å².